The average molecular weight is 427 g/mol. The van der Waals surface area contributed by atoms with Crippen LogP contribution in [0.3, 0.4) is 0 Å². The number of rotatable bonds is 2. The van der Waals surface area contributed by atoms with E-state index in [-0.39, 0.29) is 23.2 Å². The number of benzene rings is 1. The lowest BCUT2D eigenvalue weighted by atomic mass is 9.54. The molecule has 2 aromatic heterocycles. The smallest absolute Gasteiger partial charge is 0.176 e. The van der Waals surface area contributed by atoms with Crippen LogP contribution in [0.5, 0.6) is 0 Å². The first-order valence-electron chi connectivity index (χ1n) is 10.5. The second kappa shape index (κ2) is 7.21. The maximum Gasteiger partial charge on any atom is 0.176 e. The largest absolute Gasteiger partial charge is 0.293 e. The third-order valence-corrected chi connectivity index (χ3v) is 7.60. The van der Waals surface area contributed by atoms with Crippen molar-refractivity contribution in [2.24, 2.45) is 11.8 Å². The summed E-state index contributed by atoms with van der Waals surface area (Å²) in [6, 6.07) is 12.4. The molecular formula is C25H22N4OS. The fourth-order valence-corrected chi connectivity index (χ4v) is 6.13. The summed E-state index contributed by atoms with van der Waals surface area (Å²) in [4.78, 5) is 28.2. The molecule has 31 heavy (non-hydrogen) atoms. The van der Waals surface area contributed by atoms with Crippen molar-refractivity contribution in [1.29, 1.82) is 5.26 Å². The second-order valence-electron chi connectivity index (χ2n) is 8.39. The lowest BCUT2D eigenvalue weighted by Gasteiger charge is -2.48. The second-order valence-corrected chi connectivity index (χ2v) is 9.63. The van der Waals surface area contributed by atoms with E-state index >= 15 is 0 Å². The van der Waals surface area contributed by atoms with Gasteiger partial charge in [0.25, 0.3) is 0 Å². The van der Waals surface area contributed by atoms with Crippen LogP contribution < -0.4 is 0 Å². The molecule has 2 heterocycles. The molecule has 0 N–H and O–H groups in total. The van der Waals surface area contributed by atoms with Gasteiger partial charge in [0.05, 0.1) is 32.3 Å². The topological polar surface area (TPSA) is 79.5 Å². The molecule has 0 saturated carbocycles. The summed E-state index contributed by atoms with van der Waals surface area (Å²) < 4.78 is 0. The number of aromatic nitrogens is 3. The van der Waals surface area contributed by atoms with Gasteiger partial charge in [0.15, 0.2) is 5.78 Å². The zero-order valence-corrected chi connectivity index (χ0v) is 18.5. The number of fused-ring (bicyclic) bond motifs is 3. The van der Waals surface area contributed by atoms with Crippen molar-refractivity contribution in [2.45, 2.75) is 39.0 Å². The quantitative estimate of drug-likeness (QED) is 0.592. The summed E-state index contributed by atoms with van der Waals surface area (Å²) in [7, 11) is 0. The molecule has 2 aliphatic carbocycles. The van der Waals surface area contributed by atoms with Crippen molar-refractivity contribution in [2.75, 3.05) is 0 Å². The minimum Gasteiger partial charge on any atom is -0.293 e. The van der Waals surface area contributed by atoms with Crippen molar-refractivity contribution in [3.05, 3.63) is 75.8 Å². The Kier molecular flexibility index (Phi) is 4.60. The minimum absolute atomic E-state index is 0.0392. The fraction of sp³-hybridized carbons (Fsp3) is 0.320. The summed E-state index contributed by atoms with van der Waals surface area (Å²) in [5.74, 6) is 0.411. The summed E-state index contributed by atoms with van der Waals surface area (Å²) >= 11 is 1.63. The maximum atomic E-state index is 12.9. The zero-order chi connectivity index (χ0) is 21.8. The highest BCUT2D eigenvalue weighted by Crippen LogP contribution is 2.54. The Morgan fingerprint density at radius 3 is 2.65 bits per heavy atom. The van der Waals surface area contributed by atoms with Gasteiger partial charge in [-0.05, 0) is 44.2 Å². The maximum absolute atomic E-state index is 12.9. The van der Waals surface area contributed by atoms with Crippen LogP contribution in [0.2, 0.25) is 0 Å². The molecule has 2 aliphatic rings. The monoisotopic (exact) mass is 426 g/mol. The van der Waals surface area contributed by atoms with E-state index < -0.39 is 5.41 Å². The number of carbonyl (C=O) groups excluding carboxylic acids is 1. The summed E-state index contributed by atoms with van der Waals surface area (Å²) in [6.07, 6.45) is 5.41. The van der Waals surface area contributed by atoms with Crippen molar-refractivity contribution < 1.29 is 4.79 Å². The summed E-state index contributed by atoms with van der Waals surface area (Å²) in [5, 5.41) is 10.8. The van der Waals surface area contributed by atoms with Crippen molar-refractivity contribution >= 4 is 17.1 Å². The number of hydrogen-bond acceptors (Lipinski definition) is 6. The average Bonchev–Trinajstić information content (AvgIpc) is 3.22. The molecule has 5 nitrogen and oxygen atoms in total. The number of carbonyl (C=O) groups is 1. The van der Waals surface area contributed by atoms with E-state index in [9.17, 15) is 10.1 Å². The Hall–Kier alpha value is -3.17. The lowest BCUT2D eigenvalue weighted by Crippen LogP contribution is -2.48. The van der Waals surface area contributed by atoms with Crippen LogP contribution in [0.1, 0.15) is 41.0 Å². The number of ketones is 1. The molecule has 0 radical (unpaired) electrons. The van der Waals surface area contributed by atoms with Crippen LogP contribution in [0.15, 0.2) is 48.2 Å². The number of nitriles is 1. The van der Waals surface area contributed by atoms with Crippen molar-refractivity contribution in [1.82, 2.24) is 15.0 Å². The zero-order valence-electron chi connectivity index (χ0n) is 17.7. The summed E-state index contributed by atoms with van der Waals surface area (Å²) in [6.45, 7) is 5.86. The molecule has 0 amide bonds. The Labute approximate surface area is 185 Å². The Bertz CT molecular complexity index is 1270. The van der Waals surface area contributed by atoms with E-state index in [0.29, 0.717) is 5.82 Å². The molecule has 0 aliphatic heterocycles. The molecule has 154 valence electrons. The predicted molar refractivity (Wildman–Crippen MR) is 120 cm³/mol. The molecule has 3 atom stereocenters. The van der Waals surface area contributed by atoms with Crippen LogP contribution in [-0.2, 0) is 16.6 Å². The fourth-order valence-electron chi connectivity index (χ4n) is 5.33. The van der Waals surface area contributed by atoms with Gasteiger partial charge in [-0.1, -0.05) is 37.3 Å². The van der Waals surface area contributed by atoms with Gasteiger partial charge in [0, 0.05) is 17.7 Å². The highest BCUT2D eigenvalue weighted by molar-refractivity contribution is 7.15. The van der Waals surface area contributed by atoms with Crippen molar-refractivity contribution in [3.63, 3.8) is 0 Å². The first kappa shape index (κ1) is 19.8. The van der Waals surface area contributed by atoms with E-state index in [2.05, 4.69) is 23.2 Å². The van der Waals surface area contributed by atoms with Crippen LogP contribution >= 0.6 is 11.3 Å². The minimum atomic E-state index is -0.630. The molecule has 5 rings (SSSR count). The van der Waals surface area contributed by atoms with Gasteiger partial charge in [-0.3, -0.25) is 4.79 Å². The van der Waals surface area contributed by atoms with Crippen molar-refractivity contribution in [3.8, 4) is 16.6 Å². The number of nitrogens with zero attached hydrogens (tertiary/aromatic N) is 4. The van der Waals surface area contributed by atoms with Gasteiger partial charge in [-0.15, -0.1) is 11.3 Å². The third-order valence-electron chi connectivity index (χ3n) is 6.68. The SMILES string of the molecule is Cc1nc(-c2cnc(C)s2)c2c(n1)[C@@]1(c3ccccc3)C=C(C#N)C(=O)[C@@H](C)[C@@H]1CC2. The van der Waals surface area contributed by atoms with E-state index in [4.69, 9.17) is 9.97 Å². The Balaban J connectivity index is 1.88. The van der Waals surface area contributed by atoms with Gasteiger partial charge in [0.2, 0.25) is 0 Å². The van der Waals surface area contributed by atoms with Crippen LogP contribution in [0, 0.1) is 37.0 Å². The molecular weight excluding hydrogens is 404 g/mol. The van der Waals surface area contributed by atoms with Crippen LogP contribution in [0.25, 0.3) is 10.6 Å². The van der Waals surface area contributed by atoms with E-state index in [0.717, 1.165) is 45.2 Å². The van der Waals surface area contributed by atoms with E-state index in [1.54, 1.807) is 11.3 Å². The number of hydrogen-bond donors (Lipinski definition) is 0. The number of aryl methyl sites for hydroxylation is 2. The van der Waals surface area contributed by atoms with Gasteiger partial charge in [-0.25, -0.2) is 15.0 Å². The predicted octanol–water partition coefficient (Wildman–Crippen LogP) is 4.73. The third kappa shape index (κ3) is 2.88. The highest BCUT2D eigenvalue weighted by atomic mass is 32.1. The molecule has 0 saturated heterocycles. The number of Topliss-reactive ketones (excluding diaryl/α,β-unsaturated/α-hetero) is 1. The Morgan fingerprint density at radius 2 is 1.97 bits per heavy atom. The van der Waals surface area contributed by atoms with Gasteiger partial charge in [-0.2, -0.15) is 5.26 Å². The first-order chi connectivity index (χ1) is 15.0. The van der Waals surface area contributed by atoms with Gasteiger partial charge in [0.1, 0.15) is 11.9 Å². The normalized spacial score (nSPS) is 24.7. The Morgan fingerprint density at radius 1 is 1.19 bits per heavy atom. The lowest BCUT2D eigenvalue weighted by molar-refractivity contribution is -0.121. The first-order valence-corrected chi connectivity index (χ1v) is 11.3. The van der Waals surface area contributed by atoms with Crippen LogP contribution in [-0.4, -0.2) is 20.7 Å². The molecule has 0 unspecified atom stereocenters. The molecule has 1 aromatic carbocycles. The van der Waals surface area contributed by atoms with Crippen LogP contribution in [0.4, 0.5) is 0 Å². The number of thiazole rings is 1. The van der Waals surface area contributed by atoms with E-state index in [1.165, 1.54) is 0 Å². The molecule has 0 spiro atoms. The highest BCUT2D eigenvalue weighted by Gasteiger charge is 2.53. The number of allylic oxidation sites excluding steroid dienone is 2. The summed E-state index contributed by atoms with van der Waals surface area (Å²) in [5.41, 5.74) is 3.62. The standard InChI is InChI=1S/C25H22N4OS/c1-14-20-10-9-19-22(21-13-27-16(3)31-21)28-15(2)29-24(19)25(20,11-17(12-26)23(14)30)18-7-5-4-6-8-18/h4-8,11,13-14,20H,9-10H2,1-3H3/t14-,20-,25+/m0/s1. The molecule has 6 heteroatoms. The molecule has 0 bridgehead atoms. The van der Waals surface area contributed by atoms with Gasteiger partial charge >= 0.3 is 0 Å². The van der Waals surface area contributed by atoms with E-state index in [1.807, 2.05) is 51.2 Å². The van der Waals surface area contributed by atoms with Gasteiger partial charge < -0.3 is 0 Å². The molecule has 3 aromatic rings. The molecule has 0 fully saturated rings.